The van der Waals surface area contributed by atoms with Crippen LogP contribution in [0.4, 0.5) is 10.3 Å². The molecule has 0 fully saturated rings. The number of halogens is 1. The molecule has 0 saturated heterocycles. The molecule has 0 aliphatic carbocycles. The smallest absolute Gasteiger partial charge is 0.263 e. The van der Waals surface area contributed by atoms with Crippen molar-refractivity contribution < 1.29 is 9.18 Å². The van der Waals surface area contributed by atoms with Crippen molar-refractivity contribution in [2.45, 2.75) is 19.5 Å². The number of H-pyrrole nitrogens is 1. The fraction of sp³-hybridized carbons (Fsp3) is 0.429. The average Bonchev–Trinajstić information content (AvgIpc) is 2.37. The van der Waals surface area contributed by atoms with E-state index in [0.717, 1.165) is 0 Å². The van der Waals surface area contributed by atoms with E-state index < -0.39 is 11.6 Å². The summed E-state index contributed by atoms with van der Waals surface area (Å²) in [6, 6.07) is 0. The van der Waals surface area contributed by atoms with E-state index in [1.54, 1.807) is 6.20 Å². The largest absolute Gasteiger partial charge is 0.331 e. The van der Waals surface area contributed by atoms with Crippen LogP contribution >= 0.6 is 0 Å². The van der Waals surface area contributed by atoms with E-state index in [9.17, 15) is 9.18 Å². The molecule has 0 aliphatic heterocycles. The molecular weight excluding hydrogens is 161 g/mol. The van der Waals surface area contributed by atoms with Gasteiger partial charge in [0.15, 0.2) is 5.67 Å². The lowest BCUT2D eigenvalue weighted by Crippen LogP contribution is -2.32. The standard InChI is InChI=1S/C7H10FN3O/c1-7(2,8)5(12)11-6-9-3-4-10-6/h3-4H,1-2H3,(H2,9,10,11,12). The molecule has 4 nitrogen and oxygen atoms in total. The van der Waals surface area contributed by atoms with Crippen LogP contribution in [0.25, 0.3) is 0 Å². The first kappa shape index (κ1) is 8.70. The zero-order chi connectivity index (χ0) is 9.19. The number of imidazole rings is 1. The van der Waals surface area contributed by atoms with Crippen LogP contribution in [0, 0.1) is 0 Å². The number of carbonyl (C=O) groups is 1. The maximum Gasteiger partial charge on any atom is 0.263 e. The fourth-order valence-electron chi connectivity index (χ4n) is 0.590. The summed E-state index contributed by atoms with van der Waals surface area (Å²) in [5, 5.41) is 2.28. The van der Waals surface area contributed by atoms with Gasteiger partial charge in [0, 0.05) is 12.4 Å². The summed E-state index contributed by atoms with van der Waals surface area (Å²) in [5.74, 6) is -0.455. The fourth-order valence-corrected chi connectivity index (χ4v) is 0.590. The molecule has 66 valence electrons. The Morgan fingerprint density at radius 3 is 2.83 bits per heavy atom. The molecule has 5 heteroatoms. The van der Waals surface area contributed by atoms with Gasteiger partial charge >= 0.3 is 0 Å². The van der Waals surface area contributed by atoms with Gasteiger partial charge in [-0.05, 0) is 13.8 Å². The van der Waals surface area contributed by atoms with Gasteiger partial charge in [-0.2, -0.15) is 0 Å². The highest BCUT2D eigenvalue weighted by molar-refractivity contribution is 5.95. The van der Waals surface area contributed by atoms with Gasteiger partial charge in [-0.25, -0.2) is 9.37 Å². The molecule has 0 bridgehead atoms. The Labute approximate surface area is 69.2 Å². The number of rotatable bonds is 2. The minimum atomic E-state index is -1.88. The summed E-state index contributed by atoms with van der Waals surface area (Å²) in [6.07, 6.45) is 3.02. The maximum absolute atomic E-state index is 12.9. The highest BCUT2D eigenvalue weighted by Gasteiger charge is 2.26. The van der Waals surface area contributed by atoms with E-state index in [4.69, 9.17) is 0 Å². The molecule has 0 unspecified atom stereocenters. The predicted octanol–water partition coefficient (Wildman–Crippen LogP) is 1.10. The van der Waals surface area contributed by atoms with Gasteiger partial charge in [-0.15, -0.1) is 0 Å². The Bertz CT molecular complexity index is 263. The van der Waals surface area contributed by atoms with E-state index in [-0.39, 0.29) is 5.95 Å². The lowest BCUT2D eigenvalue weighted by Gasteiger charge is -2.11. The zero-order valence-corrected chi connectivity index (χ0v) is 6.89. The van der Waals surface area contributed by atoms with Crippen LogP contribution in [-0.4, -0.2) is 21.5 Å². The first-order chi connectivity index (χ1) is 5.50. The Hall–Kier alpha value is -1.39. The minimum absolute atomic E-state index is 0.255. The molecule has 1 aromatic rings. The third kappa shape index (κ3) is 2.05. The number of hydrogen-bond acceptors (Lipinski definition) is 2. The Balaban J connectivity index is 2.60. The molecule has 1 heterocycles. The first-order valence-corrected chi connectivity index (χ1v) is 3.50. The summed E-state index contributed by atoms with van der Waals surface area (Å²) in [6.45, 7) is 2.37. The van der Waals surface area contributed by atoms with Crippen LogP contribution in [0.3, 0.4) is 0 Å². The average molecular weight is 171 g/mol. The molecule has 2 N–H and O–H groups in total. The van der Waals surface area contributed by atoms with Crippen molar-refractivity contribution in [3.8, 4) is 0 Å². The third-order valence-electron chi connectivity index (χ3n) is 1.27. The lowest BCUT2D eigenvalue weighted by atomic mass is 10.1. The highest BCUT2D eigenvalue weighted by Crippen LogP contribution is 2.10. The van der Waals surface area contributed by atoms with E-state index >= 15 is 0 Å². The number of nitrogens with zero attached hydrogens (tertiary/aromatic N) is 1. The van der Waals surface area contributed by atoms with Crippen molar-refractivity contribution in [2.75, 3.05) is 5.32 Å². The molecule has 1 aromatic heterocycles. The highest BCUT2D eigenvalue weighted by atomic mass is 19.1. The normalized spacial score (nSPS) is 11.2. The molecule has 0 radical (unpaired) electrons. The summed E-state index contributed by atoms with van der Waals surface area (Å²) < 4.78 is 12.9. The monoisotopic (exact) mass is 171 g/mol. The summed E-state index contributed by atoms with van der Waals surface area (Å²) >= 11 is 0. The number of alkyl halides is 1. The summed E-state index contributed by atoms with van der Waals surface area (Å²) in [7, 11) is 0. The second-order valence-electron chi connectivity index (χ2n) is 2.86. The number of nitrogens with one attached hydrogen (secondary N) is 2. The molecule has 1 amide bonds. The quantitative estimate of drug-likeness (QED) is 0.699. The van der Waals surface area contributed by atoms with E-state index in [1.165, 1.54) is 20.0 Å². The van der Waals surface area contributed by atoms with E-state index in [2.05, 4.69) is 15.3 Å². The molecule has 0 aromatic carbocycles. The van der Waals surface area contributed by atoms with Gasteiger partial charge in [0.2, 0.25) is 5.95 Å². The summed E-state index contributed by atoms with van der Waals surface area (Å²) in [4.78, 5) is 17.3. The van der Waals surface area contributed by atoms with Crippen molar-refractivity contribution in [1.29, 1.82) is 0 Å². The van der Waals surface area contributed by atoms with Crippen LogP contribution in [0.5, 0.6) is 0 Å². The van der Waals surface area contributed by atoms with Crippen molar-refractivity contribution in [3.63, 3.8) is 0 Å². The van der Waals surface area contributed by atoms with Gasteiger partial charge in [0.25, 0.3) is 5.91 Å². The van der Waals surface area contributed by atoms with Gasteiger partial charge in [0.1, 0.15) is 0 Å². The molecule has 0 saturated carbocycles. The van der Waals surface area contributed by atoms with Gasteiger partial charge in [-0.1, -0.05) is 0 Å². The summed E-state index contributed by atoms with van der Waals surface area (Å²) in [5.41, 5.74) is -1.88. The molecular formula is C7H10FN3O. The van der Waals surface area contributed by atoms with Crippen molar-refractivity contribution in [3.05, 3.63) is 12.4 Å². The number of anilines is 1. The molecule has 0 aliphatic rings. The minimum Gasteiger partial charge on any atom is -0.331 e. The number of aromatic nitrogens is 2. The number of carbonyl (C=O) groups excluding carboxylic acids is 1. The van der Waals surface area contributed by atoms with E-state index in [1.807, 2.05) is 0 Å². The Morgan fingerprint density at radius 1 is 1.75 bits per heavy atom. The lowest BCUT2D eigenvalue weighted by molar-refractivity contribution is -0.125. The number of amides is 1. The molecule has 0 atom stereocenters. The van der Waals surface area contributed by atoms with Crippen molar-refractivity contribution in [2.24, 2.45) is 0 Å². The van der Waals surface area contributed by atoms with Crippen LogP contribution in [0.1, 0.15) is 13.8 Å². The van der Waals surface area contributed by atoms with Crippen LogP contribution in [0.15, 0.2) is 12.4 Å². The van der Waals surface area contributed by atoms with Crippen molar-refractivity contribution in [1.82, 2.24) is 9.97 Å². The van der Waals surface area contributed by atoms with Crippen LogP contribution in [-0.2, 0) is 4.79 Å². The molecule has 12 heavy (non-hydrogen) atoms. The van der Waals surface area contributed by atoms with Crippen molar-refractivity contribution >= 4 is 11.9 Å². The molecule has 1 rings (SSSR count). The topological polar surface area (TPSA) is 57.8 Å². The Morgan fingerprint density at radius 2 is 2.42 bits per heavy atom. The second-order valence-corrected chi connectivity index (χ2v) is 2.86. The maximum atomic E-state index is 12.9. The first-order valence-electron chi connectivity index (χ1n) is 3.50. The predicted molar refractivity (Wildman–Crippen MR) is 42.4 cm³/mol. The second kappa shape index (κ2) is 2.92. The zero-order valence-electron chi connectivity index (χ0n) is 6.89. The van der Waals surface area contributed by atoms with Gasteiger partial charge in [-0.3, -0.25) is 10.1 Å². The van der Waals surface area contributed by atoms with Crippen LogP contribution < -0.4 is 5.32 Å². The Kier molecular flexibility index (Phi) is 2.12. The third-order valence-corrected chi connectivity index (χ3v) is 1.27. The number of hydrogen-bond donors (Lipinski definition) is 2. The van der Waals surface area contributed by atoms with Gasteiger partial charge < -0.3 is 4.98 Å². The van der Waals surface area contributed by atoms with E-state index in [0.29, 0.717) is 0 Å². The van der Waals surface area contributed by atoms with Gasteiger partial charge in [0.05, 0.1) is 0 Å². The van der Waals surface area contributed by atoms with Crippen LogP contribution in [0.2, 0.25) is 0 Å². The molecule has 0 spiro atoms. The number of aromatic amines is 1. The SMILES string of the molecule is CC(C)(F)C(=O)Nc1ncc[nH]1.